The number of nitrogens with zero attached hydrogens (tertiary/aromatic N) is 2. The normalized spacial score (nSPS) is 13.8. The molecule has 0 aliphatic carbocycles. The van der Waals surface area contributed by atoms with Crippen molar-refractivity contribution in [1.82, 2.24) is 4.90 Å². The Bertz CT molecular complexity index is 809. The number of hydrogen-bond donors (Lipinski definition) is 0. The van der Waals surface area contributed by atoms with Crippen LogP contribution in [0.5, 0.6) is 11.5 Å². The fraction of sp³-hybridized carbons (Fsp3) is 0.300. The molecule has 1 aliphatic heterocycles. The molecule has 1 amide bonds. The van der Waals surface area contributed by atoms with Gasteiger partial charge in [0.1, 0.15) is 12.7 Å². The molecular weight excluding hydrogens is 332 g/mol. The number of amides is 1. The Morgan fingerprint density at radius 3 is 2.58 bits per heavy atom. The van der Waals surface area contributed by atoms with Gasteiger partial charge in [-0.3, -0.25) is 4.79 Å². The number of methoxy groups -OCH3 is 1. The molecule has 0 spiro atoms. The van der Waals surface area contributed by atoms with Crippen LogP contribution in [0.15, 0.2) is 42.5 Å². The fourth-order valence-corrected chi connectivity index (χ4v) is 2.77. The molecule has 134 valence electrons. The lowest BCUT2D eigenvalue weighted by molar-refractivity contribution is 0.0302. The number of morpholine rings is 1. The summed E-state index contributed by atoms with van der Waals surface area (Å²) in [7, 11) is 1.51. The molecule has 0 saturated carbocycles. The second kappa shape index (κ2) is 8.37. The van der Waals surface area contributed by atoms with E-state index in [-0.39, 0.29) is 11.5 Å². The van der Waals surface area contributed by atoms with Crippen molar-refractivity contribution in [2.75, 3.05) is 33.4 Å². The Kier molecular flexibility index (Phi) is 5.72. The van der Waals surface area contributed by atoms with Crippen LogP contribution < -0.4 is 9.47 Å². The lowest BCUT2D eigenvalue weighted by Crippen LogP contribution is -2.41. The Balaban J connectivity index is 1.88. The largest absolute Gasteiger partial charge is 0.493 e. The number of nitriles is 1. The summed E-state index contributed by atoms with van der Waals surface area (Å²) in [5, 5.41) is 9.44. The first-order valence-corrected chi connectivity index (χ1v) is 8.39. The number of rotatable bonds is 5. The van der Waals surface area contributed by atoms with Gasteiger partial charge in [-0.15, -0.1) is 0 Å². The summed E-state index contributed by atoms with van der Waals surface area (Å²) in [6.07, 6.45) is 0. The van der Waals surface area contributed by atoms with Crippen LogP contribution >= 0.6 is 0 Å². The smallest absolute Gasteiger partial charge is 0.255 e. The van der Waals surface area contributed by atoms with E-state index in [4.69, 9.17) is 14.2 Å². The third-order valence-corrected chi connectivity index (χ3v) is 4.19. The van der Waals surface area contributed by atoms with Crippen LogP contribution in [0, 0.1) is 11.3 Å². The molecule has 0 N–H and O–H groups in total. The quantitative estimate of drug-likeness (QED) is 0.827. The van der Waals surface area contributed by atoms with Crippen molar-refractivity contribution in [2.45, 2.75) is 6.61 Å². The number of ether oxygens (including phenoxy) is 3. The minimum Gasteiger partial charge on any atom is -0.493 e. The predicted molar refractivity (Wildman–Crippen MR) is 95.2 cm³/mol. The van der Waals surface area contributed by atoms with E-state index in [0.717, 1.165) is 5.56 Å². The first-order valence-electron chi connectivity index (χ1n) is 8.39. The molecule has 2 aromatic rings. The van der Waals surface area contributed by atoms with E-state index in [1.54, 1.807) is 17.0 Å². The first-order chi connectivity index (χ1) is 12.7. The molecule has 0 aromatic heterocycles. The second-order valence-electron chi connectivity index (χ2n) is 5.84. The number of benzene rings is 2. The van der Waals surface area contributed by atoms with Crippen LogP contribution in [0.4, 0.5) is 0 Å². The van der Waals surface area contributed by atoms with Gasteiger partial charge in [-0.05, 0) is 11.6 Å². The molecule has 1 aliphatic rings. The number of hydrogen-bond acceptors (Lipinski definition) is 5. The van der Waals surface area contributed by atoms with E-state index in [1.807, 2.05) is 30.3 Å². The number of carbonyl (C=O) groups is 1. The third kappa shape index (κ3) is 3.95. The standard InChI is InChI=1S/C20H20N2O4/c1-24-18-11-16(13-21)17(20(23)22-7-9-25-10-8-22)12-19(18)26-14-15-5-3-2-4-6-15/h2-6,11-12H,7-10,14H2,1H3. The maximum atomic E-state index is 12.8. The van der Waals surface area contributed by atoms with Gasteiger partial charge in [0, 0.05) is 19.2 Å². The van der Waals surface area contributed by atoms with E-state index in [9.17, 15) is 10.1 Å². The molecular formula is C20H20N2O4. The zero-order valence-electron chi connectivity index (χ0n) is 14.6. The molecule has 26 heavy (non-hydrogen) atoms. The van der Waals surface area contributed by atoms with Crippen molar-refractivity contribution in [2.24, 2.45) is 0 Å². The molecule has 0 unspecified atom stereocenters. The minimum absolute atomic E-state index is 0.197. The van der Waals surface area contributed by atoms with Crippen LogP contribution in [0.3, 0.4) is 0 Å². The Morgan fingerprint density at radius 2 is 1.92 bits per heavy atom. The molecule has 2 aromatic carbocycles. The molecule has 6 nitrogen and oxygen atoms in total. The molecule has 1 saturated heterocycles. The lowest BCUT2D eigenvalue weighted by Gasteiger charge is -2.27. The van der Waals surface area contributed by atoms with Gasteiger partial charge in [0.25, 0.3) is 5.91 Å². The summed E-state index contributed by atoms with van der Waals surface area (Å²) < 4.78 is 16.5. The SMILES string of the molecule is COc1cc(C#N)c(C(=O)N2CCOCC2)cc1OCc1ccccc1. The molecule has 6 heteroatoms. The minimum atomic E-state index is -0.197. The summed E-state index contributed by atoms with van der Waals surface area (Å²) in [6.45, 7) is 2.36. The van der Waals surface area contributed by atoms with E-state index in [1.165, 1.54) is 7.11 Å². The average Bonchev–Trinajstić information content (AvgIpc) is 2.72. The summed E-state index contributed by atoms with van der Waals surface area (Å²) in [5.41, 5.74) is 1.59. The summed E-state index contributed by atoms with van der Waals surface area (Å²) in [5.74, 6) is 0.667. The maximum absolute atomic E-state index is 12.8. The van der Waals surface area contributed by atoms with Gasteiger partial charge in [0.15, 0.2) is 11.5 Å². The highest BCUT2D eigenvalue weighted by Gasteiger charge is 2.23. The molecule has 1 heterocycles. The van der Waals surface area contributed by atoms with E-state index in [0.29, 0.717) is 50.0 Å². The van der Waals surface area contributed by atoms with Crippen LogP contribution in [-0.4, -0.2) is 44.2 Å². The van der Waals surface area contributed by atoms with E-state index in [2.05, 4.69) is 6.07 Å². The van der Waals surface area contributed by atoms with Crippen molar-refractivity contribution in [3.63, 3.8) is 0 Å². The van der Waals surface area contributed by atoms with Crippen molar-refractivity contribution in [1.29, 1.82) is 5.26 Å². The summed E-state index contributed by atoms with van der Waals surface area (Å²) in [4.78, 5) is 14.5. The molecule has 0 radical (unpaired) electrons. The summed E-state index contributed by atoms with van der Waals surface area (Å²) >= 11 is 0. The van der Waals surface area contributed by atoms with Gasteiger partial charge in [-0.25, -0.2) is 0 Å². The zero-order chi connectivity index (χ0) is 18.4. The lowest BCUT2D eigenvalue weighted by atomic mass is 10.1. The fourth-order valence-electron chi connectivity index (χ4n) is 2.77. The maximum Gasteiger partial charge on any atom is 0.255 e. The molecule has 0 bridgehead atoms. The molecule has 1 fully saturated rings. The Hall–Kier alpha value is -3.04. The van der Waals surface area contributed by atoms with Gasteiger partial charge in [0.05, 0.1) is 31.5 Å². The highest BCUT2D eigenvalue weighted by atomic mass is 16.5. The first kappa shape index (κ1) is 17.8. The van der Waals surface area contributed by atoms with Crippen LogP contribution in [0.2, 0.25) is 0 Å². The predicted octanol–water partition coefficient (Wildman–Crippen LogP) is 2.62. The summed E-state index contributed by atoms with van der Waals surface area (Å²) in [6, 6.07) is 14.9. The number of carbonyl (C=O) groups excluding carboxylic acids is 1. The topological polar surface area (TPSA) is 71.8 Å². The van der Waals surface area contributed by atoms with E-state index < -0.39 is 0 Å². The zero-order valence-corrected chi connectivity index (χ0v) is 14.6. The van der Waals surface area contributed by atoms with Gasteiger partial charge in [-0.2, -0.15) is 5.26 Å². The van der Waals surface area contributed by atoms with Crippen LogP contribution in [-0.2, 0) is 11.3 Å². The van der Waals surface area contributed by atoms with Crippen molar-refractivity contribution in [3.8, 4) is 17.6 Å². The van der Waals surface area contributed by atoms with Gasteiger partial charge < -0.3 is 19.1 Å². The Morgan fingerprint density at radius 1 is 1.19 bits per heavy atom. The molecule has 0 atom stereocenters. The van der Waals surface area contributed by atoms with Crippen molar-refractivity contribution < 1.29 is 19.0 Å². The average molecular weight is 352 g/mol. The van der Waals surface area contributed by atoms with E-state index >= 15 is 0 Å². The van der Waals surface area contributed by atoms with Crippen molar-refractivity contribution in [3.05, 3.63) is 59.2 Å². The van der Waals surface area contributed by atoms with Gasteiger partial charge >= 0.3 is 0 Å². The highest BCUT2D eigenvalue weighted by molar-refractivity contribution is 5.97. The van der Waals surface area contributed by atoms with Crippen molar-refractivity contribution >= 4 is 5.91 Å². The third-order valence-electron chi connectivity index (χ3n) is 4.19. The molecule has 3 rings (SSSR count). The van der Waals surface area contributed by atoms with Gasteiger partial charge in [-0.1, -0.05) is 30.3 Å². The van der Waals surface area contributed by atoms with Crippen LogP contribution in [0.1, 0.15) is 21.5 Å². The highest BCUT2D eigenvalue weighted by Crippen LogP contribution is 2.32. The second-order valence-corrected chi connectivity index (χ2v) is 5.84. The Labute approximate surface area is 152 Å². The van der Waals surface area contributed by atoms with Gasteiger partial charge in [0.2, 0.25) is 0 Å². The van der Waals surface area contributed by atoms with Crippen LogP contribution in [0.25, 0.3) is 0 Å². The monoisotopic (exact) mass is 352 g/mol.